The van der Waals surface area contributed by atoms with E-state index in [-0.39, 0.29) is 0 Å². The summed E-state index contributed by atoms with van der Waals surface area (Å²) in [5, 5.41) is 0. The van der Waals surface area contributed by atoms with Gasteiger partial charge in [-0.25, -0.2) is 0 Å². The van der Waals surface area contributed by atoms with Gasteiger partial charge in [-0.15, -0.1) is 0 Å². The van der Waals surface area contributed by atoms with Crippen molar-refractivity contribution in [1.29, 1.82) is 0 Å². The van der Waals surface area contributed by atoms with Gasteiger partial charge in [0.25, 0.3) is 0 Å². The van der Waals surface area contributed by atoms with Crippen LogP contribution < -0.4 is 0 Å². The summed E-state index contributed by atoms with van der Waals surface area (Å²) in [5.41, 5.74) is 2.10. The largest absolute Gasteiger partial charge is 0.0808 e. The smallest absolute Gasteiger partial charge is 0.00731 e. The second-order valence-electron chi connectivity index (χ2n) is 3.55. The van der Waals surface area contributed by atoms with Crippen molar-refractivity contribution in [2.24, 2.45) is 11.3 Å². The van der Waals surface area contributed by atoms with Crippen molar-refractivity contribution in [2.75, 3.05) is 0 Å². The molecule has 0 heterocycles. The monoisotopic (exact) mass is 120 g/mol. The topological polar surface area (TPSA) is 0 Å². The Kier molecular flexibility index (Phi) is 0.769. The van der Waals surface area contributed by atoms with Gasteiger partial charge in [0.15, 0.2) is 0 Å². The zero-order valence-electron chi connectivity index (χ0n) is 6.02. The molecular weight excluding hydrogens is 108 g/mol. The molecule has 0 fully saturated rings. The summed E-state index contributed by atoms with van der Waals surface area (Å²) in [7, 11) is 0. The minimum atomic E-state index is 0.460. The van der Waals surface area contributed by atoms with Crippen molar-refractivity contribution in [3.63, 3.8) is 0 Å². The first kappa shape index (κ1) is 5.28. The van der Waals surface area contributed by atoms with Crippen LogP contribution in [0.2, 0.25) is 0 Å². The van der Waals surface area contributed by atoms with E-state index in [9.17, 15) is 0 Å². The molecular formula is C9H12. The lowest BCUT2D eigenvalue weighted by Gasteiger charge is -2.40. The van der Waals surface area contributed by atoms with E-state index in [1.165, 1.54) is 6.42 Å². The average molecular weight is 120 g/mol. The first-order valence-corrected chi connectivity index (χ1v) is 3.61. The number of hydrogen-bond acceptors (Lipinski definition) is 0. The van der Waals surface area contributed by atoms with E-state index in [1.54, 1.807) is 5.57 Å². The summed E-state index contributed by atoms with van der Waals surface area (Å²) in [4.78, 5) is 0. The number of allylic oxidation sites excluding steroid dienone is 4. The van der Waals surface area contributed by atoms with Crippen LogP contribution in [-0.4, -0.2) is 0 Å². The highest BCUT2D eigenvalue weighted by molar-refractivity contribution is 5.37. The van der Waals surface area contributed by atoms with Crippen LogP contribution in [0.1, 0.15) is 20.3 Å². The molecule has 0 aromatic carbocycles. The summed E-state index contributed by atoms with van der Waals surface area (Å²) in [6.45, 7) is 4.56. The molecule has 0 radical (unpaired) electrons. The SMILES string of the molecule is CC1C=CC2(C)C=C1C2. The summed E-state index contributed by atoms with van der Waals surface area (Å²) in [6.07, 6.45) is 8.37. The molecule has 0 aromatic heterocycles. The lowest BCUT2D eigenvalue weighted by molar-refractivity contribution is 0.426. The van der Waals surface area contributed by atoms with E-state index in [0.29, 0.717) is 5.41 Å². The van der Waals surface area contributed by atoms with Crippen LogP contribution >= 0.6 is 0 Å². The molecule has 3 aliphatic rings. The van der Waals surface area contributed by atoms with Crippen molar-refractivity contribution in [3.05, 3.63) is 23.8 Å². The highest BCUT2D eigenvalue weighted by atomic mass is 14.4. The third-order valence-corrected chi connectivity index (χ3v) is 2.45. The molecule has 0 N–H and O–H groups in total. The second kappa shape index (κ2) is 1.31. The standard InChI is InChI=1S/C9H12/c1-7-3-4-9(2)5-8(7)6-9/h3-5,7H,6H2,1-2H3. The second-order valence-corrected chi connectivity index (χ2v) is 3.55. The van der Waals surface area contributed by atoms with Gasteiger partial charge in [0.1, 0.15) is 0 Å². The van der Waals surface area contributed by atoms with Crippen molar-refractivity contribution in [3.8, 4) is 0 Å². The Hall–Kier alpha value is -0.520. The zero-order chi connectivity index (χ0) is 6.48. The average Bonchev–Trinajstić information content (AvgIpc) is 1.73. The minimum absolute atomic E-state index is 0.460. The molecule has 3 aliphatic carbocycles. The first-order valence-electron chi connectivity index (χ1n) is 3.61. The summed E-state index contributed by atoms with van der Waals surface area (Å²) < 4.78 is 0. The Labute approximate surface area is 56.3 Å². The molecule has 2 bridgehead atoms. The first-order chi connectivity index (χ1) is 4.20. The Morgan fingerprint density at radius 3 is 2.67 bits per heavy atom. The molecule has 0 amide bonds. The lowest BCUT2D eigenvalue weighted by Crippen LogP contribution is -2.27. The molecule has 0 aromatic rings. The Morgan fingerprint density at radius 2 is 2.33 bits per heavy atom. The lowest BCUT2D eigenvalue weighted by atomic mass is 9.64. The van der Waals surface area contributed by atoms with Crippen LogP contribution in [-0.2, 0) is 0 Å². The van der Waals surface area contributed by atoms with Gasteiger partial charge in [0.05, 0.1) is 0 Å². The summed E-state index contributed by atoms with van der Waals surface area (Å²) >= 11 is 0. The molecule has 2 atom stereocenters. The number of fused-ring (bicyclic) bond motifs is 1. The molecule has 0 spiro atoms. The molecule has 3 rings (SSSR count). The van der Waals surface area contributed by atoms with Gasteiger partial charge in [-0.3, -0.25) is 0 Å². The van der Waals surface area contributed by atoms with Gasteiger partial charge < -0.3 is 0 Å². The van der Waals surface area contributed by atoms with Crippen molar-refractivity contribution < 1.29 is 0 Å². The van der Waals surface area contributed by atoms with Gasteiger partial charge in [-0.1, -0.05) is 37.6 Å². The predicted molar refractivity (Wildman–Crippen MR) is 39.1 cm³/mol. The van der Waals surface area contributed by atoms with E-state index in [0.717, 1.165) is 5.92 Å². The van der Waals surface area contributed by atoms with Gasteiger partial charge in [-0.2, -0.15) is 0 Å². The molecule has 48 valence electrons. The molecule has 2 unspecified atom stereocenters. The van der Waals surface area contributed by atoms with Crippen LogP contribution in [0.25, 0.3) is 0 Å². The van der Waals surface area contributed by atoms with Gasteiger partial charge in [-0.05, 0) is 12.3 Å². The van der Waals surface area contributed by atoms with Crippen LogP contribution in [0.4, 0.5) is 0 Å². The number of hydrogen-bond donors (Lipinski definition) is 0. The quantitative estimate of drug-likeness (QED) is 0.431. The van der Waals surface area contributed by atoms with E-state index in [1.807, 2.05) is 0 Å². The fraction of sp³-hybridized carbons (Fsp3) is 0.556. The van der Waals surface area contributed by atoms with Crippen molar-refractivity contribution in [2.45, 2.75) is 20.3 Å². The maximum atomic E-state index is 2.40. The molecule has 9 heavy (non-hydrogen) atoms. The molecule has 0 aliphatic heterocycles. The maximum Gasteiger partial charge on any atom is 0.00731 e. The van der Waals surface area contributed by atoms with Crippen LogP contribution in [0.15, 0.2) is 23.8 Å². The van der Waals surface area contributed by atoms with Gasteiger partial charge in [0, 0.05) is 5.41 Å². The Bertz CT molecular complexity index is 198. The maximum absolute atomic E-state index is 2.40. The van der Waals surface area contributed by atoms with E-state index < -0.39 is 0 Å². The molecule has 0 nitrogen and oxygen atoms in total. The zero-order valence-corrected chi connectivity index (χ0v) is 6.02. The normalized spacial score (nSPS) is 46.0. The molecule has 0 saturated carbocycles. The van der Waals surface area contributed by atoms with E-state index in [4.69, 9.17) is 0 Å². The Morgan fingerprint density at radius 1 is 1.67 bits per heavy atom. The third-order valence-electron chi connectivity index (χ3n) is 2.45. The van der Waals surface area contributed by atoms with Crippen molar-refractivity contribution >= 4 is 0 Å². The summed E-state index contributed by atoms with van der Waals surface area (Å²) in [5.74, 6) is 0.729. The fourth-order valence-electron chi connectivity index (χ4n) is 1.72. The Balaban J connectivity index is 2.34. The van der Waals surface area contributed by atoms with E-state index in [2.05, 4.69) is 32.1 Å². The fourth-order valence-corrected chi connectivity index (χ4v) is 1.72. The predicted octanol–water partition coefficient (Wildman–Crippen LogP) is 2.53. The van der Waals surface area contributed by atoms with Crippen molar-refractivity contribution in [1.82, 2.24) is 0 Å². The van der Waals surface area contributed by atoms with Crippen LogP contribution in [0.3, 0.4) is 0 Å². The van der Waals surface area contributed by atoms with E-state index >= 15 is 0 Å². The van der Waals surface area contributed by atoms with Crippen LogP contribution in [0, 0.1) is 11.3 Å². The third kappa shape index (κ3) is 0.592. The molecule has 0 heteroatoms. The highest BCUT2D eigenvalue weighted by Gasteiger charge is 2.34. The van der Waals surface area contributed by atoms with Gasteiger partial charge in [0.2, 0.25) is 0 Å². The highest BCUT2D eigenvalue weighted by Crippen LogP contribution is 2.47. The van der Waals surface area contributed by atoms with Gasteiger partial charge >= 0.3 is 0 Å². The molecule has 0 saturated heterocycles. The number of rotatable bonds is 0. The minimum Gasteiger partial charge on any atom is -0.0808 e. The van der Waals surface area contributed by atoms with Crippen LogP contribution in [0.5, 0.6) is 0 Å². The summed E-state index contributed by atoms with van der Waals surface area (Å²) in [6, 6.07) is 0.